The number of hydrogen-bond acceptors (Lipinski definition) is 4. The molecule has 1 aliphatic heterocycles. The van der Waals surface area contributed by atoms with E-state index in [1.165, 1.54) is 7.11 Å². The first-order chi connectivity index (χ1) is 12.0. The molecule has 2 aromatic rings. The molecule has 0 bridgehead atoms. The molecular formula is C19H22N2O4. The number of primary amides is 1. The molecule has 0 spiro atoms. The molecule has 25 heavy (non-hydrogen) atoms. The summed E-state index contributed by atoms with van der Waals surface area (Å²) >= 11 is 0. The van der Waals surface area contributed by atoms with Crippen LogP contribution in [0.5, 0.6) is 11.5 Å². The second-order valence-corrected chi connectivity index (χ2v) is 6.39. The van der Waals surface area contributed by atoms with Crippen LogP contribution in [0.15, 0.2) is 30.3 Å². The zero-order valence-corrected chi connectivity index (χ0v) is 14.4. The van der Waals surface area contributed by atoms with Gasteiger partial charge in [0.1, 0.15) is 11.5 Å². The van der Waals surface area contributed by atoms with Crippen LogP contribution in [-0.2, 0) is 4.79 Å². The number of carbonyl (C=O) groups excluding carboxylic acids is 2. The van der Waals surface area contributed by atoms with Gasteiger partial charge in [-0.3, -0.25) is 9.59 Å². The Morgan fingerprint density at radius 1 is 1.32 bits per heavy atom. The van der Waals surface area contributed by atoms with Gasteiger partial charge in [0, 0.05) is 24.3 Å². The molecule has 2 aromatic carbocycles. The van der Waals surface area contributed by atoms with Gasteiger partial charge in [0.25, 0.3) is 5.91 Å². The molecule has 1 fully saturated rings. The Labute approximate surface area is 146 Å². The van der Waals surface area contributed by atoms with Crippen molar-refractivity contribution in [2.45, 2.75) is 25.8 Å². The normalized spacial score (nSPS) is 19.7. The first kappa shape index (κ1) is 17.1. The number of carbonyl (C=O) groups is 2. The molecular weight excluding hydrogens is 320 g/mol. The first-order valence-corrected chi connectivity index (χ1v) is 8.32. The second kappa shape index (κ2) is 7.01. The van der Waals surface area contributed by atoms with Crippen molar-refractivity contribution < 1.29 is 19.1 Å². The number of methoxy groups -OCH3 is 1. The van der Waals surface area contributed by atoms with E-state index in [9.17, 15) is 9.59 Å². The van der Waals surface area contributed by atoms with E-state index < -0.39 is 5.91 Å². The summed E-state index contributed by atoms with van der Waals surface area (Å²) in [6, 6.07) is 9.27. The Morgan fingerprint density at radius 2 is 2.12 bits per heavy atom. The van der Waals surface area contributed by atoms with Crippen LogP contribution in [0.2, 0.25) is 0 Å². The Kier molecular flexibility index (Phi) is 4.79. The highest BCUT2D eigenvalue weighted by Gasteiger charge is 2.28. The molecule has 0 unspecified atom stereocenters. The summed E-state index contributed by atoms with van der Waals surface area (Å²) in [5.74, 6) is 1.03. The van der Waals surface area contributed by atoms with E-state index in [1.807, 2.05) is 18.2 Å². The molecule has 132 valence electrons. The van der Waals surface area contributed by atoms with Crippen molar-refractivity contribution in [1.29, 1.82) is 0 Å². The van der Waals surface area contributed by atoms with Crippen molar-refractivity contribution in [2.24, 2.45) is 11.7 Å². The number of benzene rings is 2. The van der Waals surface area contributed by atoms with E-state index in [0.717, 1.165) is 17.2 Å². The van der Waals surface area contributed by atoms with E-state index in [-0.39, 0.29) is 11.9 Å². The van der Waals surface area contributed by atoms with Crippen LogP contribution >= 0.6 is 0 Å². The number of ether oxygens (including phenoxy) is 2. The molecule has 0 saturated carbocycles. The molecule has 3 N–H and O–H groups in total. The summed E-state index contributed by atoms with van der Waals surface area (Å²) in [6.07, 6.45) is 1.33. The van der Waals surface area contributed by atoms with Crippen molar-refractivity contribution in [3.05, 3.63) is 35.9 Å². The second-order valence-electron chi connectivity index (χ2n) is 6.39. The number of fused-ring (bicyclic) bond motifs is 1. The van der Waals surface area contributed by atoms with Gasteiger partial charge in [0.15, 0.2) is 0 Å². The maximum absolute atomic E-state index is 11.6. The summed E-state index contributed by atoms with van der Waals surface area (Å²) in [5, 5.41) is 4.69. The van der Waals surface area contributed by atoms with Crippen LogP contribution in [0, 0.1) is 5.92 Å². The van der Waals surface area contributed by atoms with E-state index >= 15 is 0 Å². The predicted molar refractivity (Wildman–Crippen MR) is 94.8 cm³/mol. The van der Waals surface area contributed by atoms with Crippen molar-refractivity contribution in [3.63, 3.8) is 0 Å². The fourth-order valence-electron chi connectivity index (χ4n) is 3.26. The van der Waals surface area contributed by atoms with E-state index in [4.69, 9.17) is 15.2 Å². The third kappa shape index (κ3) is 3.52. The number of nitrogens with one attached hydrogen (secondary N) is 1. The van der Waals surface area contributed by atoms with Crippen molar-refractivity contribution >= 4 is 22.6 Å². The lowest BCUT2D eigenvalue weighted by Gasteiger charge is -2.16. The van der Waals surface area contributed by atoms with Gasteiger partial charge in [-0.2, -0.15) is 0 Å². The fraction of sp³-hybridized carbons (Fsp3) is 0.368. The summed E-state index contributed by atoms with van der Waals surface area (Å²) in [4.78, 5) is 23.0. The summed E-state index contributed by atoms with van der Waals surface area (Å²) < 4.78 is 11.2. The molecule has 0 aromatic heterocycles. The molecule has 2 atom stereocenters. The SMILES string of the molecule is COc1cc2c(OCC[C@H]3NC(=O)C[C@H]3C)cccc2cc1C(N)=O. The minimum Gasteiger partial charge on any atom is -0.496 e. The van der Waals surface area contributed by atoms with Gasteiger partial charge in [0.05, 0.1) is 19.3 Å². The molecule has 1 saturated heterocycles. The lowest BCUT2D eigenvalue weighted by Crippen LogP contribution is -2.29. The fourth-order valence-corrected chi connectivity index (χ4v) is 3.26. The quantitative estimate of drug-likeness (QED) is 0.842. The van der Waals surface area contributed by atoms with Gasteiger partial charge >= 0.3 is 0 Å². The van der Waals surface area contributed by atoms with Gasteiger partial charge in [0.2, 0.25) is 5.91 Å². The summed E-state index contributed by atoms with van der Waals surface area (Å²) in [6.45, 7) is 2.56. The molecule has 1 aliphatic rings. The topological polar surface area (TPSA) is 90.7 Å². The maximum atomic E-state index is 11.6. The van der Waals surface area contributed by atoms with E-state index in [2.05, 4.69) is 12.2 Å². The number of nitrogens with two attached hydrogens (primary N) is 1. The van der Waals surface area contributed by atoms with Gasteiger partial charge in [-0.1, -0.05) is 19.1 Å². The Hall–Kier alpha value is -2.76. The van der Waals surface area contributed by atoms with Crippen molar-refractivity contribution in [2.75, 3.05) is 13.7 Å². The first-order valence-electron chi connectivity index (χ1n) is 8.32. The molecule has 3 rings (SSSR count). The van der Waals surface area contributed by atoms with Crippen LogP contribution < -0.4 is 20.5 Å². The molecule has 6 heteroatoms. The summed E-state index contributed by atoms with van der Waals surface area (Å²) in [5.41, 5.74) is 5.75. The number of rotatable bonds is 6. The Morgan fingerprint density at radius 3 is 2.76 bits per heavy atom. The Bertz CT molecular complexity index is 818. The summed E-state index contributed by atoms with van der Waals surface area (Å²) in [7, 11) is 1.50. The third-order valence-corrected chi connectivity index (χ3v) is 4.65. The zero-order valence-electron chi connectivity index (χ0n) is 14.4. The average Bonchev–Trinajstić information content (AvgIpc) is 2.91. The van der Waals surface area contributed by atoms with E-state index in [1.54, 1.807) is 12.1 Å². The third-order valence-electron chi connectivity index (χ3n) is 4.65. The number of hydrogen-bond donors (Lipinski definition) is 2. The molecule has 1 heterocycles. The van der Waals surface area contributed by atoms with Crippen LogP contribution in [0.3, 0.4) is 0 Å². The lowest BCUT2D eigenvalue weighted by molar-refractivity contribution is -0.119. The minimum atomic E-state index is -0.531. The lowest BCUT2D eigenvalue weighted by atomic mass is 10.0. The van der Waals surface area contributed by atoms with Gasteiger partial charge in [-0.05, 0) is 29.5 Å². The highest BCUT2D eigenvalue weighted by atomic mass is 16.5. The predicted octanol–water partition coefficient (Wildman–Crippen LogP) is 2.24. The van der Waals surface area contributed by atoms with Crippen molar-refractivity contribution in [1.82, 2.24) is 5.32 Å². The van der Waals surface area contributed by atoms with Crippen molar-refractivity contribution in [3.8, 4) is 11.5 Å². The van der Waals surface area contributed by atoms with E-state index in [0.29, 0.717) is 36.0 Å². The Balaban J connectivity index is 1.79. The zero-order chi connectivity index (χ0) is 18.0. The van der Waals surface area contributed by atoms with Gasteiger partial charge in [-0.15, -0.1) is 0 Å². The van der Waals surface area contributed by atoms with Gasteiger partial charge in [-0.25, -0.2) is 0 Å². The smallest absolute Gasteiger partial charge is 0.252 e. The average molecular weight is 342 g/mol. The molecule has 0 radical (unpaired) electrons. The van der Waals surface area contributed by atoms with Gasteiger partial charge < -0.3 is 20.5 Å². The van der Waals surface area contributed by atoms with Crippen LogP contribution in [0.25, 0.3) is 10.8 Å². The molecule has 6 nitrogen and oxygen atoms in total. The molecule has 0 aliphatic carbocycles. The van der Waals surface area contributed by atoms with Crippen LogP contribution in [0.1, 0.15) is 30.1 Å². The minimum absolute atomic E-state index is 0.103. The van der Waals surface area contributed by atoms with Crippen LogP contribution in [0.4, 0.5) is 0 Å². The standard InChI is InChI=1S/C19H22N2O4/c1-11-8-18(22)21-15(11)6-7-25-16-5-3-4-12-9-14(19(20)23)17(24-2)10-13(12)16/h3-5,9-11,15H,6-8H2,1-2H3,(H2,20,23)(H,21,22)/t11-,15-/m1/s1. The highest BCUT2D eigenvalue weighted by Crippen LogP contribution is 2.32. The molecule has 2 amide bonds. The highest BCUT2D eigenvalue weighted by molar-refractivity contribution is 6.02. The maximum Gasteiger partial charge on any atom is 0.252 e. The van der Waals surface area contributed by atoms with Crippen LogP contribution in [-0.4, -0.2) is 31.6 Å². The monoisotopic (exact) mass is 342 g/mol. The largest absolute Gasteiger partial charge is 0.496 e. The number of amides is 2.